The van der Waals surface area contributed by atoms with Crippen LogP contribution in [0.3, 0.4) is 0 Å². The van der Waals surface area contributed by atoms with Crippen molar-refractivity contribution in [2.45, 2.75) is 31.6 Å². The van der Waals surface area contributed by atoms with Gasteiger partial charge in [0.15, 0.2) is 0 Å². The average Bonchev–Trinajstić information content (AvgIpc) is 3.79. The van der Waals surface area contributed by atoms with Crippen LogP contribution in [0.25, 0.3) is 33.8 Å². The molecule has 1 aliphatic heterocycles. The van der Waals surface area contributed by atoms with Gasteiger partial charge in [-0.3, -0.25) is 4.99 Å². The van der Waals surface area contributed by atoms with E-state index in [1.165, 1.54) is 50.3 Å². The second-order valence-corrected chi connectivity index (χ2v) is 15.0. The summed E-state index contributed by atoms with van der Waals surface area (Å²) < 4.78 is 2.53. The largest absolute Gasteiger partial charge is 0.351 e. The Kier molecular flexibility index (Phi) is 8.85. The minimum absolute atomic E-state index is 0.157. The van der Waals surface area contributed by atoms with Crippen molar-refractivity contribution < 1.29 is 0 Å². The Morgan fingerprint density at radius 1 is 0.702 bits per heavy atom. The van der Waals surface area contributed by atoms with E-state index in [1.807, 2.05) is 30.3 Å². The zero-order valence-corrected chi connectivity index (χ0v) is 31.8. The molecule has 3 atom stereocenters. The highest BCUT2D eigenvalue weighted by molar-refractivity contribution is 5.99. The van der Waals surface area contributed by atoms with Crippen LogP contribution in [-0.4, -0.2) is 16.4 Å². The predicted octanol–water partition coefficient (Wildman–Crippen LogP) is 11.5. The molecule has 0 amide bonds. The molecule has 3 N–H and O–H groups in total. The zero-order valence-electron chi connectivity index (χ0n) is 31.8. The predicted molar refractivity (Wildman–Crippen MR) is 236 cm³/mol. The number of hydrogen-bond donors (Lipinski definition) is 2. The van der Waals surface area contributed by atoms with Crippen LogP contribution in [0, 0.1) is 6.92 Å². The van der Waals surface area contributed by atoms with Gasteiger partial charge < -0.3 is 20.5 Å². The normalized spacial score (nSPS) is 16.2. The number of para-hydroxylation sites is 3. The van der Waals surface area contributed by atoms with Gasteiger partial charge in [0.2, 0.25) is 0 Å². The molecule has 3 unspecified atom stereocenters. The SMILES string of the molecule is Cc1cc(CN=C(NC(N)c2ccccc2-c2ccccc2)c2ccccc2)ccc1-n1c2c(c3ccccc31)C=CC1C2c2ccccc2N1c1ccccc1. The fourth-order valence-electron chi connectivity index (χ4n) is 9.02. The van der Waals surface area contributed by atoms with E-state index in [2.05, 4.69) is 186 Å². The molecular weight excluding hydrogens is 695 g/mol. The highest BCUT2D eigenvalue weighted by Gasteiger charge is 2.43. The molecule has 57 heavy (non-hydrogen) atoms. The number of nitrogens with two attached hydrogens (primary N) is 1. The van der Waals surface area contributed by atoms with Crippen LogP contribution in [0.4, 0.5) is 11.4 Å². The third-order valence-electron chi connectivity index (χ3n) is 11.6. The first-order chi connectivity index (χ1) is 28.1. The number of aromatic nitrogens is 1. The summed E-state index contributed by atoms with van der Waals surface area (Å²) in [7, 11) is 0. The van der Waals surface area contributed by atoms with E-state index >= 15 is 0 Å². The van der Waals surface area contributed by atoms with Crippen molar-refractivity contribution in [1.29, 1.82) is 0 Å². The van der Waals surface area contributed by atoms with Crippen molar-refractivity contribution in [2.75, 3.05) is 4.90 Å². The first kappa shape index (κ1) is 34.5. The lowest BCUT2D eigenvalue weighted by molar-refractivity contribution is 0.680. The molecule has 0 spiro atoms. The van der Waals surface area contributed by atoms with Crippen molar-refractivity contribution in [3.8, 4) is 16.8 Å². The molecule has 2 heterocycles. The van der Waals surface area contributed by atoms with E-state index in [1.54, 1.807) is 0 Å². The van der Waals surface area contributed by atoms with E-state index in [-0.39, 0.29) is 12.0 Å². The zero-order chi connectivity index (χ0) is 38.3. The Hall–Kier alpha value is -6.95. The number of amidine groups is 1. The molecule has 5 heteroatoms. The summed E-state index contributed by atoms with van der Waals surface area (Å²) in [5, 5.41) is 4.86. The number of nitrogens with one attached hydrogen (secondary N) is 1. The molecule has 10 rings (SSSR count). The minimum atomic E-state index is -0.464. The van der Waals surface area contributed by atoms with Crippen LogP contribution < -0.4 is 16.0 Å². The summed E-state index contributed by atoms with van der Waals surface area (Å²) in [5.41, 5.74) is 22.4. The summed E-state index contributed by atoms with van der Waals surface area (Å²) >= 11 is 0. The molecule has 1 aliphatic carbocycles. The van der Waals surface area contributed by atoms with Gasteiger partial charge in [-0.05, 0) is 70.6 Å². The van der Waals surface area contributed by atoms with Gasteiger partial charge >= 0.3 is 0 Å². The van der Waals surface area contributed by atoms with Crippen LogP contribution in [-0.2, 0) is 6.54 Å². The number of rotatable bonds is 8. The van der Waals surface area contributed by atoms with Gasteiger partial charge in [-0.15, -0.1) is 0 Å². The average molecular weight is 738 g/mol. The Morgan fingerprint density at radius 3 is 2.19 bits per heavy atom. The maximum atomic E-state index is 6.95. The fraction of sp³-hybridized carbons (Fsp3) is 0.0962. The summed E-state index contributed by atoms with van der Waals surface area (Å²) in [6.45, 7) is 2.73. The monoisotopic (exact) mass is 737 g/mol. The molecule has 5 nitrogen and oxygen atoms in total. The Labute approximate surface area is 334 Å². The molecular formula is C52H43N5. The van der Waals surface area contributed by atoms with Crippen LogP contribution in [0.1, 0.15) is 51.2 Å². The lowest BCUT2D eigenvalue weighted by Gasteiger charge is -2.31. The van der Waals surface area contributed by atoms with Gasteiger partial charge in [0.05, 0.1) is 24.0 Å². The molecule has 276 valence electrons. The summed E-state index contributed by atoms with van der Waals surface area (Å²) in [5.74, 6) is 0.923. The molecule has 7 aromatic carbocycles. The molecule has 2 aliphatic rings. The van der Waals surface area contributed by atoms with E-state index in [4.69, 9.17) is 10.7 Å². The fourth-order valence-corrected chi connectivity index (χ4v) is 9.02. The van der Waals surface area contributed by atoms with Crippen molar-refractivity contribution in [3.05, 3.63) is 227 Å². The summed E-state index contributed by atoms with van der Waals surface area (Å²) in [6.07, 6.45) is 4.31. The number of fused-ring (bicyclic) bond motifs is 7. The number of aryl methyl sites for hydroxylation is 1. The third kappa shape index (κ3) is 6.13. The molecule has 8 aromatic rings. The first-order valence-corrected chi connectivity index (χ1v) is 19.7. The molecule has 0 saturated heterocycles. The number of anilines is 2. The lowest BCUT2D eigenvalue weighted by atomic mass is 9.84. The van der Waals surface area contributed by atoms with Crippen LogP contribution in [0.2, 0.25) is 0 Å². The molecule has 0 radical (unpaired) electrons. The third-order valence-corrected chi connectivity index (χ3v) is 11.6. The van der Waals surface area contributed by atoms with E-state index in [9.17, 15) is 0 Å². The first-order valence-electron chi connectivity index (χ1n) is 19.7. The molecule has 0 fully saturated rings. The van der Waals surface area contributed by atoms with E-state index < -0.39 is 6.17 Å². The van der Waals surface area contributed by atoms with Crippen molar-refractivity contribution in [1.82, 2.24) is 9.88 Å². The number of benzene rings is 7. The van der Waals surface area contributed by atoms with Crippen molar-refractivity contribution in [3.63, 3.8) is 0 Å². The highest BCUT2D eigenvalue weighted by Crippen LogP contribution is 2.53. The van der Waals surface area contributed by atoms with Gasteiger partial charge in [0, 0.05) is 39.3 Å². The van der Waals surface area contributed by atoms with Gasteiger partial charge in [-0.2, -0.15) is 0 Å². The van der Waals surface area contributed by atoms with Crippen LogP contribution >= 0.6 is 0 Å². The maximum Gasteiger partial charge on any atom is 0.130 e. The molecule has 1 aromatic heterocycles. The van der Waals surface area contributed by atoms with E-state index in [0.717, 1.165) is 33.7 Å². The van der Waals surface area contributed by atoms with Crippen LogP contribution in [0.15, 0.2) is 193 Å². The number of aliphatic imine (C=N–C) groups is 1. The smallest absolute Gasteiger partial charge is 0.130 e. The molecule has 0 saturated carbocycles. The van der Waals surface area contributed by atoms with Crippen molar-refractivity contribution >= 4 is 34.2 Å². The summed E-state index contributed by atoms with van der Waals surface area (Å²) in [6, 6.07) is 64.5. The Balaban J connectivity index is 1.01. The standard InChI is InChI=1S/C52H43N5/c1-35-33-36(34-54-52(38-19-7-3-8-20-38)55-51(53)43-25-12-11-23-40(43)37-17-5-2-6-18-37)29-31-45(35)57-46-27-15-13-24-41(46)42-30-32-48-49(50(42)57)44-26-14-16-28-47(44)56(48)39-21-9-4-10-22-39/h2-33,48-49,51H,34,53H2,1H3,(H,54,55). The second kappa shape index (κ2) is 14.6. The maximum absolute atomic E-state index is 6.95. The Morgan fingerprint density at radius 2 is 1.39 bits per heavy atom. The van der Waals surface area contributed by atoms with E-state index in [0.29, 0.717) is 6.54 Å². The number of nitrogens with zero attached hydrogens (tertiary/aromatic N) is 3. The van der Waals surface area contributed by atoms with Gasteiger partial charge in [-0.25, -0.2) is 0 Å². The topological polar surface area (TPSA) is 58.6 Å². The van der Waals surface area contributed by atoms with Crippen molar-refractivity contribution in [2.24, 2.45) is 10.7 Å². The number of hydrogen-bond acceptors (Lipinski definition) is 3. The van der Waals surface area contributed by atoms with Crippen LogP contribution in [0.5, 0.6) is 0 Å². The Bertz CT molecular complexity index is 2780. The van der Waals surface area contributed by atoms with Gasteiger partial charge in [-0.1, -0.05) is 164 Å². The van der Waals surface area contributed by atoms with Gasteiger partial charge in [0.1, 0.15) is 12.0 Å². The van der Waals surface area contributed by atoms with Gasteiger partial charge in [0.25, 0.3) is 0 Å². The highest BCUT2D eigenvalue weighted by atomic mass is 15.2. The quantitative estimate of drug-likeness (QED) is 0.0927. The minimum Gasteiger partial charge on any atom is -0.351 e. The molecule has 0 bridgehead atoms. The second-order valence-electron chi connectivity index (χ2n) is 15.0. The lowest BCUT2D eigenvalue weighted by Crippen LogP contribution is -2.35. The summed E-state index contributed by atoms with van der Waals surface area (Å²) in [4.78, 5) is 7.71.